The summed E-state index contributed by atoms with van der Waals surface area (Å²) in [6, 6.07) is 9.53. The van der Waals surface area contributed by atoms with Crippen LogP contribution < -0.4 is 5.32 Å². The summed E-state index contributed by atoms with van der Waals surface area (Å²) in [7, 11) is 0. The van der Waals surface area contributed by atoms with Crippen molar-refractivity contribution in [2.24, 2.45) is 0 Å². The number of para-hydroxylation sites is 1. The molecule has 0 aromatic heterocycles. The Balaban J connectivity index is 1.84. The highest BCUT2D eigenvalue weighted by atomic mass is 16.5. The van der Waals surface area contributed by atoms with Gasteiger partial charge in [0.1, 0.15) is 0 Å². The molecule has 1 aliphatic heterocycles. The number of anilines is 1. The smallest absolute Gasteiger partial charge is 0.238 e. The number of nitrogens with zero attached hydrogens (tertiary/aromatic N) is 1. The predicted molar refractivity (Wildman–Crippen MR) is 71.5 cm³/mol. The number of hydrogen-bond donors (Lipinski definition) is 1. The minimum atomic E-state index is -0.161. The van der Waals surface area contributed by atoms with Crippen molar-refractivity contribution in [3.05, 3.63) is 30.3 Å². The molecule has 0 aliphatic carbocycles. The van der Waals surface area contributed by atoms with Gasteiger partial charge in [-0.05, 0) is 26.0 Å². The lowest BCUT2D eigenvalue weighted by molar-refractivity contribution is -0.122. The van der Waals surface area contributed by atoms with Crippen LogP contribution in [-0.4, -0.2) is 42.6 Å². The second kappa shape index (κ2) is 5.50. The fourth-order valence-electron chi connectivity index (χ4n) is 2.17. The van der Waals surface area contributed by atoms with Crippen LogP contribution >= 0.6 is 0 Å². The Labute approximate surface area is 108 Å². The highest BCUT2D eigenvalue weighted by molar-refractivity contribution is 5.92. The van der Waals surface area contributed by atoms with Crippen molar-refractivity contribution in [3.8, 4) is 0 Å². The van der Waals surface area contributed by atoms with Gasteiger partial charge < -0.3 is 10.1 Å². The highest BCUT2D eigenvalue weighted by Gasteiger charge is 2.27. The maximum Gasteiger partial charge on any atom is 0.238 e. The summed E-state index contributed by atoms with van der Waals surface area (Å²) >= 11 is 0. The van der Waals surface area contributed by atoms with E-state index in [0.717, 1.165) is 18.8 Å². The number of carbonyl (C=O) groups excluding carboxylic acids is 1. The normalized spacial score (nSPS) is 19.4. The van der Waals surface area contributed by atoms with E-state index in [9.17, 15) is 4.79 Å². The first kappa shape index (κ1) is 13.1. The van der Waals surface area contributed by atoms with Gasteiger partial charge in [-0.3, -0.25) is 9.69 Å². The lowest BCUT2D eigenvalue weighted by Gasteiger charge is -2.37. The molecule has 1 aromatic carbocycles. The third-order valence-corrected chi connectivity index (χ3v) is 2.93. The molecule has 0 saturated carbocycles. The third-order valence-electron chi connectivity index (χ3n) is 2.93. The molecule has 0 unspecified atom stereocenters. The van der Waals surface area contributed by atoms with Crippen molar-refractivity contribution in [1.82, 2.24) is 4.90 Å². The van der Waals surface area contributed by atoms with Gasteiger partial charge in [-0.15, -0.1) is 0 Å². The summed E-state index contributed by atoms with van der Waals surface area (Å²) in [5, 5.41) is 2.90. The molecule has 0 radical (unpaired) electrons. The molecule has 2 rings (SSSR count). The molecule has 98 valence electrons. The number of benzene rings is 1. The third kappa shape index (κ3) is 3.82. The average molecular weight is 248 g/mol. The number of ether oxygens (including phenoxy) is 1. The Bertz CT molecular complexity index is 404. The minimum absolute atomic E-state index is 0.0268. The van der Waals surface area contributed by atoms with E-state index >= 15 is 0 Å². The Hall–Kier alpha value is -1.39. The summed E-state index contributed by atoms with van der Waals surface area (Å²) in [5.74, 6) is 0.0268. The highest BCUT2D eigenvalue weighted by Crippen LogP contribution is 2.16. The first-order valence-electron chi connectivity index (χ1n) is 6.26. The minimum Gasteiger partial charge on any atom is -0.373 e. The first-order valence-corrected chi connectivity index (χ1v) is 6.26. The van der Waals surface area contributed by atoms with E-state index in [1.165, 1.54) is 0 Å². The van der Waals surface area contributed by atoms with Crippen LogP contribution in [0.3, 0.4) is 0 Å². The molecule has 1 saturated heterocycles. The average Bonchev–Trinajstić information content (AvgIpc) is 2.28. The number of hydrogen-bond acceptors (Lipinski definition) is 3. The van der Waals surface area contributed by atoms with Gasteiger partial charge in [0, 0.05) is 18.8 Å². The van der Waals surface area contributed by atoms with Crippen molar-refractivity contribution in [2.75, 3.05) is 31.6 Å². The van der Waals surface area contributed by atoms with Crippen LogP contribution in [0.15, 0.2) is 30.3 Å². The molecule has 4 nitrogen and oxygen atoms in total. The molecule has 0 bridgehead atoms. The summed E-state index contributed by atoms with van der Waals surface area (Å²) in [6.07, 6.45) is 0. The van der Waals surface area contributed by atoms with Gasteiger partial charge in [0.25, 0.3) is 0 Å². The molecular formula is C14H20N2O2. The quantitative estimate of drug-likeness (QED) is 0.886. The van der Waals surface area contributed by atoms with Crippen molar-refractivity contribution in [1.29, 1.82) is 0 Å². The molecule has 1 N–H and O–H groups in total. The van der Waals surface area contributed by atoms with Crippen LogP contribution in [0.5, 0.6) is 0 Å². The molecule has 4 heteroatoms. The molecule has 1 amide bonds. The van der Waals surface area contributed by atoms with Crippen molar-refractivity contribution >= 4 is 11.6 Å². The number of morpholine rings is 1. The molecular weight excluding hydrogens is 228 g/mol. The van der Waals surface area contributed by atoms with E-state index in [-0.39, 0.29) is 11.5 Å². The van der Waals surface area contributed by atoms with E-state index in [2.05, 4.69) is 10.2 Å². The van der Waals surface area contributed by atoms with Gasteiger partial charge in [0.15, 0.2) is 0 Å². The molecule has 0 atom stereocenters. The van der Waals surface area contributed by atoms with Crippen LogP contribution in [0.4, 0.5) is 5.69 Å². The largest absolute Gasteiger partial charge is 0.373 e. The van der Waals surface area contributed by atoms with E-state index in [1.54, 1.807) is 0 Å². The van der Waals surface area contributed by atoms with Gasteiger partial charge in [0.2, 0.25) is 5.91 Å². The fraction of sp³-hybridized carbons (Fsp3) is 0.500. The zero-order chi connectivity index (χ0) is 13.0. The maximum atomic E-state index is 11.9. The SMILES string of the molecule is CC1(C)CN(CC(=O)Nc2ccccc2)CCO1. The summed E-state index contributed by atoms with van der Waals surface area (Å²) < 4.78 is 5.62. The Morgan fingerprint density at radius 1 is 1.39 bits per heavy atom. The standard InChI is InChI=1S/C14H20N2O2/c1-14(2)11-16(8-9-18-14)10-13(17)15-12-6-4-3-5-7-12/h3-7H,8-11H2,1-2H3,(H,15,17). The second-order valence-corrected chi connectivity index (χ2v) is 5.23. The Morgan fingerprint density at radius 2 is 2.11 bits per heavy atom. The zero-order valence-corrected chi connectivity index (χ0v) is 11.0. The van der Waals surface area contributed by atoms with Crippen molar-refractivity contribution in [3.63, 3.8) is 0 Å². The monoisotopic (exact) mass is 248 g/mol. The molecule has 0 spiro atoms. The van der Waals surface area contributed by atoms with Crippen LogP contribution in [-0.2, 0) is 9.53 Å². The van der Waals surface area contributed by atoms with Crippen molar-refractivity contribution < 1.29 is 9.53 Å². The van der Waals surface area contributed by atoms with Gasteiger partial charge >= 0.3 is 0 Å². The number of rotatable bonds is 3. The first-order chi connectivity index (χ1) is 8.55. The Morgan fingerprint density at radius 3 is 2.78 bits per heavy atom. The summed E-state index contributed by atoms with van der Waals surface area (Å²) in [4.78, 5) is 14.0. The van der Waals surface area contributed by atoms with Gasteiger partial charge in [-0.25, -0.2) is 0 Å². The van der Waals surface area contributed by atoms with E-state index < -0.39 is 0 Å². The molecule has 18 heavy (non-hydrogen) atoms. The number of amides is 1. The Kier molecular flexibility index (Phi) is 3.99. The molecule has 1 aromatic rings. The summed E-state index contributed by atoms with van der Waals surface area (Å²) in [5.41, 5.74) is 0.681. The lowest BCUT2D eigenvalue weighted by atomic mass is 10.1. The van der Waals surface area contributed by atoms with Crippen molar-refractivity contribution in [2.45, 2.75) is 19.4 Å². The van der Waals surface area contributed by atoms with Crippen LogP contribution in [0, 0.1) is 0 Å². The number of nitrogens with one attached hydrogen (secondary N) is 1. The topological polar surface area (TPSA) is 41.6 Å². The predicted octanol–water partition coefficient (Wildman–Crippen LogP) is 1.74. The molecule has 1 fully saturated rings. The molecule has 1 aliphatic rings. The van der Waals surface area contributed by atoms with Gasteiger partial charge in [-0.1, -0.05) is 18.2 Å². The zero-order valence-electron chi connectivity index (χ0n) is 11.0. The lowest BCUT2D eigenvalue weighted by Crippen LogP contribution is -2.50. The second-order valence-electron chi connectivity index (χ2n) is 5.23. The van der Waals surface area contributed by atoms with E-state index in [0.29, 0.717) is 13.2 Å². The van der Waals surface area contributed by atoms with Crippen LogP contribution in [0.1, 0.15) is 13.8 Å². The van der Waals surface area contributed by atoms with E-state index in [4.69, 9.17) is 4.74 Å². The van der Waals surface area contributed by atoms with E-state index in [1.807, 2.05) is 44.2 Å². The van der Waals surface area contributed by atoms with Gasteiger partial charge in [-0.2, -0.15) is 0 Å². The summed E-state index contributed by atoms with van der Waals surface area (Å²) in [6.45, 7) is 6.80. The maximum absolute atomic E-state index is 11.9. The van der Waals surface area contributed by atoms with Crippen LogP contribution in [0.2, 0.25) is 0 Å². The fourth-order valence-corrected chi connectivity index (χ4v) is 2.17. The number of carbonyl (C=O) groups is 1. The van der Waals surface area contributed by atoms with Gasteiger partial charge in [0.05, 0.1) is 18.8 Å². The molecule has 1 heterocycles. The van der Waals surface area contributed by atoms with Crippen LogP contribution in [0.25, 0.3) is 0 Å².